The van der Waals surface area contributed by atoms with Gasteiger partial charge in [0.2, 0.25) is 0 Å². The highest BCUT2D eigenvalue weighted by atomic mass is 14.1. The zero-order chi connectivity index (χ0) is 12.9. The predicted octanol–water partition coefficient (Wildman–Crippen LogP) is 5.99. The Morgan fingerprint density at radius 1 is 1.00 bits per heavy atom. The van der Waals surface area contributed by atoms with E-state index in [1.54, 1.807) is 0 Å². The summed E-state index contributed by atoms with van der Waals surface area (Å²) in [4.78, 5) is 0. The van der Waals surface area contributed by atoms with Gasteiger partial charge in [0, 0.05) is 0 Å². The summed E-state index contributed by atoms with van der Waals surface area (Å²) in [7, 11) is 0. The highest BCUT2D eigenvalue weighted by molar-refractivity contribution is 4.88. The Kier molecular flexibility index (Phi) is 12.0. The lowest BCUT2D eigenvalue weighted by atomic mass is 9.90. The van der Waals surface area contributed by atoms with E-state index >= 15 is 0 Å². The summed E-state index contributed by atoms with van der Waals surface area (Å²) in [5.41, 5.74) is 0. The summed E-state index contributed by atoms with van der Waals surface area (Å²) >= 11 is 0. The van der Waals surface area contributed by atoms with Crippen molar-refractivity contribution in [3.8, 4) is 0 Å². The molecule has 0 nitrogen and oxygen atoms in total. The lowest BCUT2D eigenvalue weighted by molar-refractivity contribution is 0.414. The van der Waals surface area contributed by atoms with Gasteiger partial charge in [0.15, 0.2) is 0 Å². The van der Waals surface area contributed by atoms with Crippen LogP contribution in [0.1, 0.15) is 71.6 Å². The fourth-order valence-corrected chi connectivity index (χ4v) is 2.17. The molecule has 0 aliphatic heterocycles. The van der Waals surface area contributed by atoms with Crippen LogP contribution in [0.5, 0.6) is 0 Å². The van der Waals surface area contributed by atoms with Gasteiger partial charge in [-0.25, -0.2) is 0 Å². The van der Waals surface area contributed by atoms with Crippen LogP contribution < -0.4 is 0 Å². The number of hydrogen-bond donors (Lipinski definition) is 0. The minimum absolute atomic E-state index is 0.787. The molecule has 2 unspecified atom stereocenters. The lowest BCUT2D eigenvalue weighted by Crippen LogP contribution is -2.02. The molecule has 0 heterocycles. The van der Waals surface area contributed by atoms with E-state index in [0.717, 1.165) is 24.7 Å². The second-order valence-electron chi connectivity index (χ2n) is 5.09. The largest absolute Gasteiger partial charge is 0.0883 e. The summed E-state index contributed by atoms with van der Waals surface area (Å²) in [6, 6.07) is 0. The van der Waals surface area contributed by atoms with Crippen LogP contribution in [0, 0.1) is 25.7 Å². The average molecular weight is 236 g/mol. The predicted molar refractivity (Wildman–Crippen MR) is 79.7 cm³/mol. The molecule has 100 valence electrons. The van der Waals surface area contributed by atoms with Crippen molar-refractivity contribution in [2.24, 2.45) is 11.8 Å². The molecule has 0 aliphatic rings. The molecule has 0 amide bonds. The van der Waals surface area contributed by atoms with Crippen molar-refractivity contribution >= 4 is 0 Å². The zero-order valence-corrected chi connectivity index (χ0v) is 12.1. The van der Waals surface area contributed by atoms with Crippen LogP contribution in [0.4, 0.5) is 0 Å². The van der Waals surface area contributed by atoms with E-state index in [0.29, 0.717) is 0 Å². The molecular weight excluding hydrogens is 204 g/mol. The van der Waals surface area contributed by atoms with Gasteiger partial charge in [0.05, 0.1) is 0 Å². The zero-order valence-electron chi connectivity index (χ0n) is 12.1. The van der Waals surface area contributed by atoms with Gasteiger partial charge < -0.3 is 0 Å². The molecule has 0 fully saturated rings. The standard InChI is InChI=1S/C17H32/c1-5-9-10-11-12-13-17(8-4)15-14-16(6-2)7-3/h12-13,16-17H,1-2,5-11,14-15H2,3-4H3/b13-12+. The second-order valence-corrected chi connectivity index (χ2v) is 5.09. The molecule has 0 spiro atoms. The van der Waals surface area contributed by atoms with Crippen LogP contribution >= 0.6 is 0 Å². The Bertz CT molecular complexity index is 165. The third-order valence-corrected chi connectivity index (χ3v) is 3.73. The molecule has 0 heteroatoms. The van der Waals surface area contributed by atoms with Crippen LogP contribution in [0.3, 0.4) is 0 Å². The Morgan fingerprint density at radius 3 is 2.29 bits per heavy atom. The Balaban J connectivity index is 3.74. The highest BCUT2D eigenvalue weighted by Crippen LogP contribution is 2.21. The van der Waals surface area contributed by atoms with Gasteiger partial charge in [-0.1, -0.05) is 65.5 Å². The number of allylic oxidation sites excluding steroid dienone is 2. The van der Waals surface area contributed by atoms with Crippen LogP contribution in [0.25, 0.3) is 0 Å². The van der Waals surface area contributed by atoms with Crippen molar-refractivity contribution in [1.82, 2.24) is 0 Å². The summed E-state index contributed by atoms with van der Waals surface area (Å²) in [6.07, 6.45) is 16.1. The lowest BCUT2D eigenvalue weighted by Gasteiger charge is -2.15. The topological polar surface area (TPSA) is 0 Å². The molecule has 0 saturated carbocycles. The molecule has 0 aliphatic carbocycles. The molecule has 0 aromatic carbocycles. The smallest absolute Gasteiger partial charge is 0.0236 e. The van der Waals surface area contributed by atoms with Crippen molar-refractivity contribution in [2.45, 2.75) is 71.6 Å². The normalized spacial score (nSPS) is 13.7. The maximum absolute atomic E-state index is 4.03. The van der Waals surface area contributed by atoms with Gasteiger partial charge >= 0.3 is 0 Å². The van der Waals surface area contributed by atoms with E-state index in [4.69, 9.17) is 0 Å². The van der Waals surface area contributed by atoms with Crippen molar-refractivity contribution < 1.29 is 0 Å². The van der Waals surface area contributed by atoms with Gasteiger partial charge in [0.1, 0.15) is 0 Å². The van der Waals surface area contributed by atoms with Crippen molar-refractivity contribution in [3.63, 3.8) is 0 Å². The van der Waals surface area contributed by atoms with Gasteiger partial charge in [-0.3, -0.25) is 0 Å². The van der Waals surface area contributed by atoms with E-state index in [1.807, 2.05) is 0 Å². The van der Waals surface area contributed by atoms with Gasteiger partial charge in [-0.15, -0.1) is 0 Å². The number of hydrogen-bond acceptors (Lipinski definition) is 0. The van der Waals surface area contributed by atoms with E-state index in [-0.39, 0.29) is 0 Å². The molecule has 0 saturated heterocycles. The van der Waals surface area contributed by atoms with Crippen LogP contribution in [-0.4, -0.2) is 0 Å². The average Bonchev–Trinajstić information content (AvgIpc) is 2.37. The fourth-order valence-electron chi connectivity index (χ4n) is 2.17. The summed E-state index contributed by atoms with van der Waals surface area (Å²) in [5, 5.41) is 0. The van der Waals surface area contributed by atoms with Gasteiger partial charge in [-0.2, -0.15) is 0 Å². The molecular formula is C17H32. The quantitative estimate of drug-likeness (QED) is 0.305. The first-order chi connectivity index (χ1) is 8.28. The molecule has 0 aromatic heterocycles. The molecule has 0 bridgehead atoms. The van der Waals surface area contributed by atoms with Gasteiger partial charge in [0.25, 0.3) is 0 Å². The van der Waals surface area contributed by atoms with Gasteiger partial charge in [-0.05, 0) is 43.9 Å². The first kappa shape index (κ1) is 16.7. The monoisotopic (exact) mass is 236 g/mol. The highest BCUT2D eigenvalue weighted by Gasteiger charge is 2.07. The van der Waals surface area contributed by atoms with E-state index in [1.165, 1.54) is 44.9 Å². The SMILES string of the molecule is [CH2]CCCC/C=C/C(CC)CCC(C[CH2])CC. The maximum atomic E-state index is 4.03. The first-order valence-corrected chi connectivity index (χ1v) is 7.53. The van der Waals surface area contributed by atoms with E-state index in [9.17, 15) is 0 Å². The maximum Gasteiger partial charge on any atom is -0.0236 e. The van der Waals surface area contributed by atoms with Crippen LogP contribution in [0.2, 0.25) is 0 Å². The molecule has 0 N–H and O–H groups in total. The number of rotatable bonds is 11. The summed E-state index contributed by atoms with van der Waals surface area (Å²) < 4.78 is 0. The minimum atomic E-state index is 0.787. The molecule has 0 aromatic rings. The van der Waals surface area contributed by atoms with E-state index < -0.39 is 0 Å². The third kappa shape index (κ3) is 9.44. The molecule has 2 radical (unpaired) electrons. The molecule has 17 heavy (non-hydrogen) atoms. The minimum Gasteiger partial charge on any atom is -0.0883 e. The molecule has 2 atom stereocenters. The first-order valence-electron chi connectivity index (χ1n) is 7.53. The van der Waals surface area contributed by atoms with Crippen LogP contribution in [0.15, 0.2) is 12.2 Å². The third-order valence-electron chi connectivity index (χ3n) is 3.73. The Labute approximate surface area is 110 Å². The van der Waals surface area contributed by atoms with Crippen molar-refractivity contribution in [1.29, 1.82) is 0 Å². The number of unbranched alkanes of at least 4 members (excludes halogenated alkanes) is 3. The molecule has 0 rings (SSSR count). The summed E-state index contributed by atoms with van der Waals surface area (Å²) in [5.74, 6) is 1.62. The fraction of sp³-hybridized carbons (Fsp3) is 0.765. The van der Waals surface area contributed by atoms with Crippen molar-refractivity contribution in [2.75, 3.05) is 0 Å². The van der Waals surface area contributed by atoms with Crippen molar-refractivity contribution in [3.05, 3.63) is 26.0 Å². The summed E-state index contributed by atoms with van der Waals surface area (Å²) in [6.45, 7) is 12.5. The van der Waals surface area contributed by atoms with Crippen LogP contribution in [-0.2, 0) is 0 Å². The second kappa shape index (κ2) is 12.2. The Hall–Kier alpha value is -0.260. The Morgan fingerprint density at radius 2 is 1.76 bits per heavy atom. The van der Waals surface area contributed by atoms with E-state index in [2.05, 4.69) is 39.8 Å².